The van der Waals surface area contributed by atoms with Crippen molar-refractivity contribution in [3.63, 3.8) is 0 Å². The molecule has 3 rings (SSSR count). The first-order chi connectivity index (χ1) is 14.5. The number of methoxy groups -OCH3 is 1. The number of halogens is 2. The van der Waals surface area contributed by atoms with E-state index in [1.54, 1.807) is 36.4 Å². The van der Waals surface area contributed by atoms with Gasteiger partial charge in [0.1, 0.15) is 0 Å². The second-order valence-corrected chi connectivity index (χ2v) is 5.97. The summed E-state index contributed by atoms with van der Waals surface area (Å²) in [5.41, 5.74) is 1.53. The van der Waals surface area contributed by atoms with Crippen molar-refractivity contribution in [3.8, 4) is 11.5 Å². The molecule has 0 aliphatic carbocycles. The number of hydrogen-bond acceptors (Lipinski definition) is 5. The topological polar surface area (TPSA) is 89.6 Å². The van der Waals surface area contributed by atoms with Crippen LogP contribution in [0, 0.1) is 0 Å². The van der Waals surface area contributed by atoms with E-state index in [2.05, 4.69) is 20.4 Å². The lowest BCUT2D eigenvalue weighted by Crippen LogP contribution is -2.14. The van der Waals surface area contributed by atoms with Crippen molar-refractivity contribution in [2.24, 2.45) is 0 Å². The summed E-state index contributed by atoms with van der Waals surface area (Å²) in [4.78, 5) is 28.6. The minimum atomic E-state index is -3.01. The number of ether oxygens (including phenoxy) is 2. The van der Waals surface area contributed by atoms with Crippen LogP contribution in [0.1, 0.15) is 20.7 Å². The van der Waals surface area contributed by atoms with Crippen molar-refractivity contribution in [1.29, 1.82) is 0 Å². The molecule has 7 nitrogen and oxygen atoms in total. The molecule has 9 heteroatoms. The minimum absolute atomic E-state index is 0.00122. The van der Waals surface area contributed by atoms with Crippen LogP contribution >= 0.6 is 0 Å². The van der Waals surface area contributed by atoms with Crippen LogP contribution < -0.4 is 20.1 Å². The van der Waals surface area contributed by atoms with Crippen molar-refractivity contribution in [3.05, 3.63) is 78.1 Å². The van der Waals surface area contributed by atoms with Crippen LogP contribution in [0.2, 0.25) is 0 Å². The Morgan fingerprint density at radius 1 is 0.867 bits per heavy atom. The summed E-state index contributed by atoms with van der Waals surface area (Å²) in [5.74, 6) is -0.985. The van der Waals surface area contributed by atoms with Crippen LogP contribution in [0.4, 0.5) is 20.2 Å². The first-order valence-electron chi connectivity index (χ1n) is 8.72. The molecule has 1 aromatic heterocycles. The summed E-state index contributed by atoms with van der Waals surface area (Å²) in [6.45, 7) is -3.01. The smallest absolute Gasteiger partial charge is 0.387 e. The maximum Gasteiger partial charge on any atom is 0.387 e. The Morgan fingerprint density at radius 3 is 2.10 bits per heavy atom. The third kappa shape index (κ3) is 5.28. The highest BCUT2D eigenvalue weighted by Crippen LogP contribution is 2.30. The summed E-state index contributed by atoms with van der Waals surface area (Å²) in [6.07, 6.45) is 3.02. The number of alkyl halides is 2. The maximum atomic E-state index is 12.5. The number of pyridine rings is 1. The molecule has 2 aromatic carbocycles. The Morgan fingerprint density at radius 2 is 1.50 bits per heavy atom. The number of aromatic nitrogens is 1. The van der Waals surface area contributed by atoms with Gasteiger partial charge in [0, 0.05) is 34.9 Å². The average molecular weight is 413 g/mol. The number of carbonyl (C=O) groups is 2. The van der Waals surface area contributed by atoms with Crippen LogP contribution in [-0.2, 0) is 0 Å². The predicted molar refractivity (Wildman–Crippen MR) is 106 cm³/mol. The van der Waals surface area contributed by atoms with Crippen molar-refractivity contribution in [2.75, 3.05) is 17.7 Å². The molecule has 0 fully saturated rings. The number of hydrogen-bond donors (Lipinski definition) is 2. The van der Waals surface area contributed by atoms with Crippen LogP contribution in [0.3, 0.4) is 0 Å². The van der Waals surface area contributed by atoms with Gasteiger partial charge in [-0.05, 0) is 48.5 Å². The molecule has 0 atom stereocenters. The van der Waals surface area contributed by atoms with Crippen molar-refractivity contribution in [1.82, 2.24) is 4.98 Å². The van der Waals surface area contributed by atoms with Crippen LogP contribution in [-0.4, -0.2) is 30.5 Å². The second-order valence-electron chi connectivity index (χ2n) is 5.97. The van der Waals surface area contributed by atoms with Crippen LogP contribution in [0.25, 0.3) is 0 Å². The standard InChI is InChI=1S/C21H17F2N3O4/c1-29-18-11-14(5-6-17(18)30-21(22)23)20(28)26-16-4-2-3-15(12-16)25-19(27)13-7-9-24-10-8-13/h2-12,21H,1H3,(H,25,27)(H,26,28). The molecule has 1 heterocycles. The SMILES string of the molecule is COc1cc(C(=O)Nc2cccc(NC(=O)c3ccncc3)c2)ccc1OC(F)F. The van der Waals surface area contributed by atoms with Crippen molar-refractivity contribution in [2.45, 2.75) is 6.61 Å². The van der Waals surface area contributed by atoms with Gasteiger partial charge in [-0.3, -0.25) is 14.6 Å². The monoisotopic (exact) mass is 413 g/mol. The molecule has 2 amide bonds. The van der Waals surface area contributed by atoms with E-state index in [0.29, 0.717) is 16.9 Å². The highest BCUT2D eigenvalue weighted by molar-refractivity contribution is 6.06. The molecule has 0 saturated carbocycles. The Bertz CT molecular complexity index is 1050. The van der Waals surface area contributed by atoms with E-state index in [0.717, 1.165) is 0 Å². The normalized spacial score (nSPS) is 10.4. The van der Waals surface area contributed by atoms with Crippen molar-refractivity contribution < 1.29 is 27.8 Å². The van der Waals surface area contributed by atoms with Gasteiger partial charge in [-0.2, -0.15) is 8.78 Å². The largest absolute Gasteiger partial charge is 0.493 e. The van der Waals surface area contributed by atoms with Gasteiger partial charge >= 0.3 is 6.61 Å². The highest BCUT2D eigenvalue weighted by Gasteiger charge is 2.15. The Labute approximate surface area is 170 Å². The molecule has 3 aromatic rings. The summed E-state index contributed by atoms with van der Waals surface area (Å²) >= 11 is 0. The maximum absolute atomic E-state index is 12.5. The molecule has 0 aliphatic heterocycles. The second kappa shape index (κ2) is 9.46. The lowest BCUT2D eigenvalue weighted by molar-refractivity contribution is -0.0512. The van der Waals surface area contributed by atoms with E-state index >= 15 is 0 Å². The summed E-state index contributed by atoms with van der Waals surface area (Å²) in [7, 11) is 1.28. The third-order valence-corrected chi connectivity index (χ3v) is 3.96. The quantitative estimate of drug-likeness (QED) is 0.606. The van der Waals surface area contributed by atoms with Gasteiger partial charge in [0.05, 0.1) is 7.11 Å². The van der Waals surface area contributed by atoms with Gasteiger partial charge < -0.3 is 20.1 Å². The van der Waals surface area contributed by atoms with Gasteiger partial charge in [0.25, 0.3) is 11.8 Å². The molecule has 0 radical (unpaired) electrons. The van der Waals surface area contributed by atoms with E-state index < -0.39 is 12.5 Å². The molecule has 0 unspecified atom stereocenters. The van der Waals surface area contributed by atoms with E-state index in [4.69, 9.17) is 4.74 Å². The number of amides is 2. The van der Waals surface area contributed by atoms with Gasteiger partial charge in [0.15, 0.2) is 11.5 Å². The van der Waals surface area contributed by atoms with Crippen LogP contribution in [0.15, 0.2) is 67.0 Å². The Hall–Kier alpha value is -4.01. The average Bonchev–Trinajstić information content (AvgIpc) is 2.74. The van der Waals surface area contributed by atoms with Gasteiger partial charge in [-0.25, -0.2) is 0 Å². The molecule has 0 bridgehead atoms. The number of anilines is 2. The molecule has 2 N–H and O–H groups in total. The van der Waals surface area contributed by atoms with E-state index in [1.807, 2.05) is 0 Å². The van der Waals surface area contributed by atoms with E-state index in [9.17, 15) is 18.4 Å². The molecule has 0 spiro atoms. The fourth-order valence-corrected chi connectivity index (χ4v) is 2.59. The molecule has 154 valence electrons. The minimum Gasteiger partial charge on any atom is -0.493 e. The predicted octanol–water partition coefficient (Wildman–Crippen LogP) is 4.20. The lowest BCUT2D eigenvalue weighted by atomic mass is 10.1. The Kier molecular flexibility index (Phi) is 6.53. The highest BCUT2D eigenvalue weighted by atomic mass is 19.3. The summed E-state index contributed by atoms with van der Waals surface area (Å²) in [5, 5.41) is 5.41. The number of carbonyl (C=O) groups excluding carboxylic acids is 2. The van der Waals surface area contributed by atoms with E-state index in [-0.39, 0.29) is 23.0 Å². The van der Waals surface area contributed by atoms with Crippen LogP contribution in [0.5, 0.6) is 11.5 Å². The van der Waals surface area contributed by atoms with Gasteiger partial charge in [-0.15, -0.1) is 0 Å². The Balaban J connectivity index is 1.71. The zero-order valence-corrected chi connectivity index (χ0v) is 15.8. The lowest BCUT2D eigenvalue weighted by Gasteiger charge is -2.12. The molecular formula is C21H17F2N3O4. The van der Waals surface area contributed by atoms with E-state index in [1.165, 1.54) is 37.7 Å². The number of nitrogens with zero attached hydrogens (tertiary/aromatic N) is 1. The van der Waals surface area contributed by atoms with Gasteiger partial charge in [0.2, 0.25) is 0 Å². The first-order valence-corrected chi connectivity index (χ1v) is 8.72. The first kappa shape index (κ1) is 20.7. The zero-order valence-electron chi connectivity index (χ0n) is 15.8. The number of nitrogens with one attached hydrogen (secondary N) is 2. The molecule has 0 aliphatic rings. The molecule has 0 saturated heterocycles. The molecule has 30 heavy (non-hydrogen) atoms. The number of rotatable bonds is 7. The fourth-order valence-electron chi connectivity index (χ4n) is 2.59. The zero-order chi connectivity index (χ0) is 21.5. The third-order valence-electron chi connectivity index (χ3n) is 3.96. The van der Waals surface area contributed by atoms with Gasteiger partial charge in [-0.1, -0.05) is 6.07 Å². The number of benzene rings is 2. The molecular weight excluding hydrogens is 396 g/mol. The van der Waals surface area contributed by atoms with Crippen molar-refractivity contribution >= 4 is 23.2 Å². The fraction of sp³-hybridized carbons (Fsp3) is 0.0952. The summed E-state index contributed by atoms with van der Waals surface area (Å²) in [6, 6.07) is 13.6. The summed E-state index contributed by atoms with van der Waals surface area (Å²) < 4.78 is 34.2.